The van der Waals surface area contributed by atoms with Crippen LogP contribution in [0.4, 0.5) is 4.39 Å². The van der Waals surface area contributed by atoms with Crippen molar-refractivity contribution in [2.45, 2.75) is 32.2 Å². The molecule has 3 aromatic rings. The Balaban J connectivity index is 2.02. The molecule has 2 aromatic carbocycles. The summed E-state index contributed by atoms with van der Waals surface area (Å²) in [4.78, 5) is 12.0. The van der Waals surface area contributed by atoms with Gasteiger partial charge in [0.2, 0.25) is 0 Å². The molecule has 3 nitrogen and oxygen atoms in total. The van der Waals surface area contributed by atoms with E-state index in [2.05, 4.69) is 23.6 Å². The van der Waals surface area contributed by atoms with Crippen molar-refractivity contribution in [3.63, 3.8) is 0 Å². The third-order valence-electron chi connectivity index (χ3n) is 5.15. The van der Waals surface area contributed by atoms with Gasteiger partial charge in [0.25, 0.3) is 0 Å². The average Bonchev–Trinajstić information content (AvgIpc) is 2.96. The third kappa shape index (κ3) is 2.53. The smallest absolute Gasteiger partial charge is 0.337 e. The molecule has 1 aliphatic carbocycles. The summed E-state index contributed by atoms with van der Waals surface area (Å²) in [6.07, 6.45) is 3.58. The number of aromatic nitrogens is 1. The lowest BCUT2D eigenvalue weighted by molar-refractivity contribution is 0.0601. The largest absolute Gasteiger partial charge is 0.465 e. The standard InChI is InChI=1S/C21H20FNO2/c1-13-4-3-5-18-20(13)17-11-6-14(21(24)25-2)12-19(17)23(18)16-9-7-15(22)8-10-16/h3-7,11-12,16H,8-10H2,1-2H3. The summed E-state index contributed by atoms with van der Waals surface area (Å²) in [5.41, 5.74) is 3.88. The van der Waals surface area contributed by atoms with Crippen LogP contribution in [-0.2, 0) is 4.74 Å². The second-order valence-corrected chi connectivity index (χ2v) is 6.64. The van der Waals surface area contributed by atoms with Crippen LogP contribution in [0.2, 0.25) is 0 Å². The lowest BCUT2D eigenvalue weighted by Crippen LogP contribution is -2.11. The fourth-order valence-corrected chi connectivity index (χ4v) is 3.94. The predicted octanol–water partition coefficient (Wildman–Crippen LogP) is 5.47. The summed E-state index contributed by atoms with van der Waals surface area (Å²) in [6, 6.07) is 12.1. The van der Waals surface area contributed by atoms with Crippen LogP contribution in [0.15, 0.2) is 48.3 Å². The number of methoxy groups -OCH3 is 1. The number of rotatable bonds is 2. The van der Waals surface area contributed by atoms with Gasteiger partial charge in [0.15, 0.2) is 0 Å². The Hall–Kier alpha value is -2.62. The molecule has 1 atom stereocenters. The van der Waals surface area contributed by atoms with E-state index in [4.69, 9.17) is 4.74 Å². The van der Waals surface area contributed by atoms with Gasteiger partial charge in [0, 0.05) is 28.8 Å². The molecule has 0 bridgehead atoms. The maximum absolute atomic E-state index is 13.5. The van der Waals surface area contributed by atoms with Gasteiger partial charge in [-0.2, -0.15) is 0 Å². The van der Waals surface area contributed by atoms with Crippen molar-refractivity contribution in [3.8, 4) is 0 Å². The Morgan fingerprint density at radius 2 is 2.08 bits per heavy atom. The summed E-state index contributed by atoms with van der Waals surface area (Å²) in [5, 5.41) is 2.32. The zero-order valence-electron chi connectivity index (χ0n) is 14.4. The highest BCUT2D eigenvalue weighted by Gasteiger charge is 2.22. The molecule has 0 N–H and O–H groups in total. The molecule has 4 heteroatoms. The Morgan fingerprint density at radius 3 is 2.80 bits per heavy atom. The lowest BCUT2D eigenvalue weighted by Gasteiger charge is -2.23. The van der Waals surface area contributed by atoms with E-state index in [9.17, 15) is 9.18 Å². The van der Waals surface area contributed by atoms with Crippen molar-refractivity contribution < 1.29 is 13.9 Å². The van der Waals surface area contributed by atoms with E-state index >= 15 is 0 Å². The maximum Gasteiger partial charge on any atom is 0.337 e. The number of esters is 1. The van der Waals surface area contributed by atoms with Gasteiger partial charge in [-0.1, -0.05) is 24.3 Å². The van der Waals surface area contributed by atoms with Crippen molar-refractivity contribution in [2.24, 2.45) is 0 Å². The normalized spacial score (nSPS) is 17.7. The second-order valence-electron chi connectivity index (χ2n) is 6.64. The molecule has 0 saturated carbocycles. The molecule has 0 saturated heterocycles. The molecule has 0 spiro atoms. The Morgan fingerprint density at radius 1 is 1.24 bits per heavy atom. The molecule has 128 valence electrons. The number of hydrogen-bond donors (Lipinski definition) is 0. The molecule has 0 radical (unpaired) electrons. The number of carbonyl (C=O) groups excluding carboxylic acids is 1. The predicted molar refractivity (Wildman–Crippen MR) is 97.6 cm³/mol. The minimum atomic E-state index is -0.343. The molecule has 0 fully saturated rings. The van der Waals surface area contributed by atoms with Gasteiger partial charge in [-0.05, 0) is 43.5 Å². The van der Waals surface area contributed by atoms with Crippen molar-refractivity contribution in [1.82, 2.24) is 4.57 Å². The van der Waals surface area contributed by atoms with Gasteiger partial charge >= 0.3 is 5.97 Å². The quantitative estimate of drug-likeness (QED) is 0.581. The van der Waals surface area contributed by atoms with Crippen LogP contribution >= 0.6 is 0 Å². The monoisotopic (exact) mass is 337 g/mol. The van der Waals surface area contributed by atoms with E-state index in [0.29, 0.717) is 18.4 Å². The van der Waals surface area contributed by atoms with Gasteiger partial charge < -0.3 is 9.30 Å². The Labute approximate surface area is 145 Å². The first-order valence-electron chi connectivity index (χ1n) is 8.56. The highest BCUT2D eigenvalue weighted by atomic mass is 19.1. The van der Waals surface area contributed by atoms with Crippen LogP contribution in [0.25, 0.3) is 21.8 Å². The van der Waals surface area contributed by atoms with Crippen LogP contribution in [0, 0.1) is 6.92 Å². The summed E-state index contributed by atoms with van der Waals surface area (Å²) in [6.45, 7) is 2.10. The van der Waals surface area contributed by atoms with Crippen LogP contribution in [0.1, 0.15) is 41.2 Å². The molecular weight excluding hydrogens is 317 g/mol. The van der Waals surface area contributed by atoms with Crippen LogP contribution in [0.5, 0.6) is 0 Å². The number of carbonyl (C=O) groups is 1. The van der Waals surface area contributed by atoms with E-state index in [-0.39, 0.29) is 17.8 Å². The number of nitrogens with zero attached hydrogens (tertiary/aromatic N) is 1. The van der Waals surface area contributed by atoms with E-state index < -0.39 is 0 Å². The Bertz CT molecular complexity index is 1020. The van der Waals surface area contributed by atoms with Crippen LogP contribution < -0.4 is 0 Å². The first-order chi connectivity index (χ1) is 12.1. The number of benzene rings is 2. The summed E-state index contributed by atoms with van der Waals surface area (Å²) >= 11 is 0. The van der Waals surface area contributed by atoms with Crippen molar-refractivity contribution in [1.29, 1.82) is 0 Å². The number of aryl methyl sites for hydroxylation is 1. The summed E-state index contributed by atoms with van der Waals surface area (Å²) < 4.78 is 20.6. The maximum atomic E-state index is 13.5. The highest BCUT2D eigenvalue weighted by Crippen LogP contribution is 2.38. The first-order valence-corrected chi connectivity index (χ1v) is 8.56. The van der Waals surface area contributed by atoms with Gasteiger partial charge in [-0.15, -0.1) is 0 Å². The highest BCUT2D eigenvalue weighted by molar-refractivity contribution is 6.11. The molecule has 1 aliphatic rings. The molecule has 1 heterocycles. The van der Waals surface area contributed by atoms with Crippen molar-refractivity contribution in [3.05, 3.63) is 59.4 Å². The van der Waals surface area contributed by atoms with Gasteiger partial charge in [0.05, 0.1) is 24.0 Å². The molecule has 25 heavy (non-hydrogen) atoms. The summed E-state index contributed by atoms with van der Waals surface area (Å²) in [5.74, 6) is -0.367. The SMILES string of the molecule is COC(=O)c1ccc2c3c(C)cccc3n(C3CC=C(F)CC3)c2c1. The minimum absolute atomic E-state index is 0.0246. The molecule has 1 unspecified atom stereocenters. The van der Waals surface area contributed by atoms with Crippen LogP contribution in [-0.4, -0.2) is 17.6 Å². The van der Waals surface area contributed by atoms with Crippen LogP contribution in [0.3, 0.4) is 0 Å². The van der Waals surface area contributed by atoms with E-state index in [1.54, 1.807) is 6.08 Å². The average molecular weight is 337 g/mol. The molecule has 0 amide bonds. The van der Waals surface area contributed by atoms with E-state index in [0.717, 1.165) is 22.8 Å². The van der Waals surface area contributed by atoms with Crippen molar-refractivity contribution >= 4 is 27.8 Å². The zero-order chi connectivity index (χ0) is 17.6. The Kier molecular flexibility index (Phi) is 3.83. The fourth-order valence-electron chi connectivity index (χ4n) is 3.94. The zero-order valence-corrected chi connectivity index (χ0v) is 14.4. The first kappa shape index (κ1) is 15.9. The number of ether oxygens (including phenoxy) is 1. The minimum Gasteiger partial charge on any atom is -0.465 e. The molecule has 4 rings (SSSR count). The van der Waals surface area contributed by atoms with Gasteiger partial charge in [-0.3, -0.25) is 0 Å². The van der Waals surface area contributed by atoms with Gasteiger partial charge in [0.1, 0.15) is 0 Å². The second kappa shape index (κ2) is 6.03. The number of hydrogen-bond acceptors (Lipinski definition) is 2. The number of halogens is 1. The topological polar surface area (TPSA) is 31.2 Å². The summed E-state index contributed by atoms with van der Waals surface area (Å²) in [7, 11) is 1.39. The fraction of sp³-hybridized carbons (Fsp3) is 0.286. The molecular formula is C21H20FNO2. The number of allylic oxidation sites excluding steroid dienone is 2. The van der Waals surface area contributed by atoms with Gasteiger partial charge in [-0.25, -0.2) is 9.18 Å². The third-order valence-corrected chi connectivity index (χ3v) is 5.15. The lowest BCUT2D eigenvalue weighted by atomic mass is 10.0. The van der Waals surface area contributed by atoms with Crippen molar-refractivity contribution in [2.75, 3.05) is 7.11 Å². The molecule has 0 aliphatic heterocycles. The number of fused-ring (bicyclic) bond motifs is 3. The molecule has 1 aromatic heterocycles. The van der Waals surface area contributed by atoms with E-state index in [1.165, 1.54) is 18.1 Å². The van der Waals surface area contributed by atoms with E-state index in [1.807, 2.05) is 24.3 Å².